The van der Waals surface area contributed by atoms with Crippen LogP contribution in [0.5, 0.6) is 0 Å². The molecule has 1 aliphatic rings. The van der Waals surface area contributed by atoms with E-state index in [1.807, 2.05) is 60.7 Å². The van der Waals surface area contributed by atoms with Gasteiger partial charge in [0.25, 0.3) is 0 Å². The Morgan fingerprint density at radius 1 is 1.03 bits per heavy atom. The van der Waals surface area contributed by atoms with Crippen molar-refractivity contribution in [2.45, 2.75) is 44.9 Å². The van der Waals surface area contributed by atoms with Crippen molar-refractivity contribution < 1.29 is 19.1 Å². The molecule has 2 amide bonds. The maximum absolute atomic E-state index is 13.2. The standard InChI is InChI=1S/C23H26N2O4/c1-17(26)24-20(15-18-9-4-2-5-10-18)22(27)25-14-8-13-21(25)23(28)29-16-19-11-6-3-7-12-19/h2-7,9-12,20-21H,8,13-16H2,1H3,(H,24,26)/t20-,21+/m1/s1. The summed E-state index contributed by atoms with van der Waals surface area (Å²) in [7, 11) is 0. The Balaban J connectivity index is 1.67. The van der Waals surface area contributed by atoms with E-state index in [0.717, 1.165) is 17.5 Å². The second kappa shape index (κ2) is 9.87. The highest BCUT2D eigenvalue weighted by molar-refractivity contribution is 5.91. The summed E-state index contributed by atoms with van der Waals surface area (Å²) in [6.07, 6.45) is 1.67. The molecule has 1 heterocycles. The van der Waals surface area contributed by atoms with Crippen LogP contribution in [-0.4, -0.2) is 41.3 Å². The van der Waals surface area contributed by atoms with E-state index in [-0.39, 0.29) is 18.4 Å². The van der Waals surface area contributed by atoms with E-state index < -0.39 is 18.1 Å². The average Bonchev–Trinajstić information content (AvgIpc) is 3.22. The lowest BCUT2D eigenvalue weighted by Crippen LogP contribution is -2.52. The minimum absolute atomic E-state index is 0.178. The van der Waals surface area contributed by atoms with Gasteiger partial charge in [-0.2, -0.15) is 0 Å². The first kappa shape index (κ1) is 20.6. The van der Waals surface area contributed by atoms with Crippen molar-refractivity contribution in [3.8, 4) is 0 Å². The normalized spacial score (nSPS) is 16.9. The summed E-state index contributed by atoms with van der Waals surface area (Å²) in [6.45, 7) is 2.05. The summed E-state index contributed by atoms with van der Waals surface area (Å²) in [4.78, 5) is 39.0. The van der Waals surface area contributed by atoms with E-state index in [4.69, 9.17) is 4.74 Å². The summed E-state index contributed by atoms with van der Waals surface area (Å²) in [5.41, 5.74) is 1.85. The average molecular weight is 394 g/mol. The molecule has 2 aromatic carbocycles. The Kier molecular flexibility index (Phi) is 7.00. The molecule has 6 nitrogen and oxygen atoms in total. The van der Waals surface area contributed by atoms with Gasteiger partial charge in [0.15, 0.2) is 0 Å². The summed E-state index contributed by atoms with van der Waals surface area (Å²) < 4.78 is 5.45. The number of benzene rings is 2. The fraction of sp³-hybridized carbons (Fsp3) is 0.348. The largest absolute Gasteiger partial charge is 0.459 e. The number of ether oxygens (including phenoxy) is 1. The van der Waals surface area contributed by atoms with Crippen LogP contribution in [0, 0.1) is 0 Å². The molecular weight excluding hydrogens is 368 g/mol. The third-order valence-electron chi connectivity index (χ3n) is 4.99. The number of hydrogen-bond donors (Lipinski definition) is 1. The molecule has 1 fully saturated rings. The molecule has 3 rings (SSSR count). The zero-order chi connectivity index (χ0) is 20.6. The van der Waals surface area contributed by atoms with E-state index in [1.54, 1.807) is 4.90 Å². The molecule has 1 aliphatic heterocycles. The lowest BCUT2D eigenvalue weighted by Gasteiger charge is -2.28. The van der Waals surface area contributed by atoms with Crippen molar-refractivity contribution in [1.29, 1.82) is 0 Å². The summed E-state index contributed by atoms with van der Waals surface area (Å²) in [6, 6.07) is 17.6. The van der Waals surface area contributed by atoms with Crippen molar-refractivity contribution in [3.63, 3.8) is 0 Å². The molecule has 2 atom stereocenters. The fourth-order valence-electron chi connectivity index (χ4n) is 3.60. The van der Waals surface area contributed by atoms with E-state index >= 15 is 0 Å². The number of carbonyl (C=O) groups is 3. The number of esters is 1. The highest BCUT2D eigenvalue weighted by atomic mass is 16.5. The highest BCUT2D eigenvalue weighted by Crippen LogP contribution is 2.21. The molecule has 0 unspecified atom stereocenters. The van der Waals surface area contributed by atoms with Crippen molar-refractivity contribution >= 4 is 17.8 Å². The van der Waals surface area contributed by atoms with Gasteiger partial charge in [0.2, 0.25) is 11.8 Å². The first-order valence-electron chi connectivity index (χ1n) is 9.86. The molecule has 0 saturated carbocycles. The molecule has 6 heteroatoms. The third kappa shape index (κ3) is 5.67. The lowest BCUT2D eigenvalue weighted by molar-refractivity contribution is -0.155. The van der Waals surface area contributed by atoms with E-state index in [1.165, 1.54) is 6.92 Å². The summed E-state index contributed by atoms with van der Waals surface area (Å²) in [5.74, 6) is -0.925. The number of nitrogens with one attached hydrogen (secondary N) is 1. The van der Waals surface area contributed by atoms with Gasteiger partial charge in [0, 0.05) is 19.9 Å². The summed E-state index contributed by atoms with van der Waals surface area (Å²) in [5, 5.41) is 2.74. The van der Waals surface area contributed by atoms with E-state index in [0.29, 0.717) is 19.4 Å². The van der Waals surface area contributed by atoms with Gasteiger partial charge >= 0.3 is 5.97 Å². The fourth-order valence-corrected chi connectivity index (χ4v) is 3.60. The Morgan fingerprint density at radius 2 is 1.66 bits per heavy atom. The number of hydrogen-bond acceptors (Lipinski definition) is 4. The molecule has 2 aromatic rings. The Bertz CT molecular complexity index is 838. The molecule has 1 N–H and O–H groups in total. The van der Waals surface area contributed by atoms with Crippen LogP contribution in [0.2, 0.25) is 0 Å². The van der Waals surface area contributed by atoms with Gasteiger partial charge in [-0.1, -0.05) is 60.7 Å². The Labute approximate surface area is 170 Å². The number of amides is 2. The van der Waals surface area contributed by atoms with Gasteiger partial charge < -0.3 is 15.0 Å². The zero-order valence-corrected chi connectivity index (χ0v) is 16.5. The predicted octanol–water partition coefficient (Wildman–Crippen LogP) is 2.47. The number of nitrogens with zero attached hydrogens (tertiary/aromatic N) is 1. The van der Waals surface area contributed by atoms with Crippen LogP contribution >= 0.6 is 0 Å². The molecule has 0 spiro atoms. The van der Waals surface area contributed by atoms with Gasteiger partial charge in [-0.25, -0.2) is 4.79 Å². The molecule has 0 aromatic heterocycles. The van der Waals surface area contributed by atoms with Gasteiger partial charge in [-0.3, -0.25) is 9.59 Å². The van der Waals surface area contributed by atoms with Crippen molar-refractivity contribution in [1.82, 2.24) is 10.2 Å². The quantitative estimate of drug-likeness (QED) is 0.732. The van der Waals surface area contributed by atoms with Crippen molar-refractivity contribution in [2.75, 3.05) is 6.54 Å². The minimum Gasteiger partial charge on any atom is -0.459 e. The molecular formula is C23H26N2O4. The number of likely N-dealkylation sites (tertiary alicyclic amines) is 1. The second-order valence-corrected chi connectivity index (χ2v) is 7.23. The maximum Gasteiger partial charge on any atom is 0.329 e. The molecule has 1 saturated heterocycles. The summed E-state index contributed by atoms with van der Waals surface area (Å²) >= 11 is 0. The first-order chi connectivity index (χ1) is 14.0. The maximum atomic E-state index is 13.2. The molecule has 152 valence electrons. The molecule has 29 heavy (non-hydrogen) atoms. The van der Waals surface area contributed by atoms with E-state index in [9.17, 15) is 14.4 Å². The third-order valence-corrected chi connectivity index (χ3v) is 4.99. The lowest BCUT2D eigenvalue weighted by atomic mass is 10.0. The van der Waals surface area contributed by atoms with Gasteiger partial charge in [0.1, 0.15) is 18.7 Å². The smallest absolute Gasteiger partial charge is 0.329 e. The van der Waals surface area contributed by atoms with E-state index in [2.05, 4.69) is 5.32 Å². The topological polar surface area (TPSA) is 75.7 Å². The predicted molar refractivity (Wildman–Crippen MR) is 109 cm³/mol. The van der Waals surface area contributed by atoms with Crippen LogP contribution in [0.1, 0.15) is 30.9 Å². The van der Waals surface area contributed by atoms with Gasteiger partial charge in [0.05, 0.1) is 0 Å². The van der Waals surface area contributed by atoms with Crippen LogP contribution < -0.4 is 5.32 Å². The Hall–Kier alpha value is -3.15. The van der Waals surface area contributed by atoms with Gasteiger partial charge in [-0.15, -0.1) is 0 Å². The molecule has 0 bridgehead atoms. The van der Waals surface area contributed by atoms with Crippen LogP contribution in [0.15, 0.2) is 60.7 Å². The monoisotopic (exact) mass is 394 g/mol. The van der Waals surface area contributed by atoms with Crippen LogP contribution in [0.3, 0.4) is 0 Å². The van der Waals surface area contributed by atoms with Crippen LogP contribution in [0.25, 0.3) is 0 Å². The van der Waals surface area contributed by atoms with Crippen LogP contribution in [-0.2, 0) is 32.1 Å². The number of carbonyl (C=O) groups excluding carboxylic acids is 3. The van der Waals surface area contributed by atoms with Gasteiger partial charge in [-0.05, 0) is 24.0 Å². The highest BCUT2D eigenvalue weighted by Gasteiger charge is 2.38. The molecule has 0 radical (unpaired) electrons. The molecule has 0 aliphatic carbocycles. The first-order valence-corrected chi connectivity index (χ1v) is 9.86. The minimum atomic E-state index is -0.711. The SMILES string of the molecule is CC(=O)N[C@H](Cc1ccccc1)C(=O)N1CCC[C@H]1C(=O)OCc1ccccc1. The number of rotatable bonds is 7. The van der Waals surface area contributed by atoms with Crippen LogP contribution in [0.4, 0.5) is 0 Å². The van der Waals surface area contributed by atoms with Crippen molar-refractivity contribution in [3.05, 3.63) is 71.8 Å². The second-order valence-electron chi connectivity index (χ2n) is 7.23. The Morgan fingerprint density at radius 3 is 2.28 bits per heavy atom. The zero-order valence-electron chi connectivity index (χ0n) is 16.5. The van der Waals surface area contributed by atoms with Crippen molar-refractivity contribution in [2.24, 2.45) is 0 Å².